The lowest BCUT2D eigenvalue weighted by Gasteiger charge is -2.15. The molecular formula is C41H74O5. The Kier molecular flexibility index (Phi) is 36.0. The van der Waals surface area contributed by atoms with Crippen LogP contribution in [0, 0.1) is 0 Å². The standard InChI is InChI=1S/C41H74O5/c1-3-5-7-9-11-13-15-17-19-20-21-22-24-25-27-29-31-33-35-40(43)45-38-39(37-42)46-41(44)36-34-32-30-28-26-23-18-16-14-12-10-8-6-4-2/h10,12,16,18-20,39,42H,3-9,11,13-15,17,21-38H2,1-2H3/b12-10-,18-16-,20-19-. The number of aliphatic hydroxyl groups is 1. The maximum absolute atomic E-state index is 12.1. The van der Waals surface area contributed by atoms with Gasteiger partial charge in [0.25, 0.3) is 0 Å². The Hall–Kier alpha value is -1.88. The summed E-state index contributed by atoms with van der Waals surface area (Å²) < 4.78 is 10.6. The summed E-state index contributed by atoms with van der Waals surface area (Å²) in [6.07, 6.45) is 44.9. The molecule has 0 rings (SSSR count). The van der Waals surface area contributed by atoms with Crippen LogP contribution in [0.2, 0.25) is 0 Å². The van der Waals surface area contributed by atoms with Gasteiger partial charge in [0.15, 0.2) is 6.10 Å². The van der Waals surface area contributed by atoms with E-state index in [9.17, 15) is 14.7 Å². The number of rotatable bonds is 35. The van der Waals surface area contributed by atoms with Gasteiger partial charge in [-0.1, -0.05) is 153 Å². The quantitative estimate of drug-likeness (QED) is 0.0421. The van der Waals surface area contributed by atoms with E-state index in [1.807, 2.05) is 0 Å². The van der Waals surface area contributed by atoms with Gasteiger partial charge in [-0.2, -0.15) is 0 Å². The third-order valence-corrected chi connectivity index (χ3v) is 8.41. The smallest absolute Gasteiger partial charge is 0.306 e. The van der Waals surface area contributed by atoms with Gasteiger partial charge in [-0.15, -0.1) is 0 Å². The monoisotopic (exact) mass is 647 g/mol. The molecule has 1 unspecified atom stereocenters. The van der Waals surface area contributed by atoms with Crippen molar-refractivity contribution >= 4 is 11.9 Å². The van der Waals surface area contributed by atoms with Crippen LogP contribution in [0.5, 0.6) is 0 Å². The molecular weight excluding hydrogens is 572 g/mol. The molecule has 0 aliphatic carbocycles. The first-order chi connectivity index (χ1) is 22.6. The van der Waals surface area contributed by atoms with Gasteiger partial charge in [0.05, 0.1) is 6.61 Å². The Balaban J connectivity index is 3.57. The van der Waals surface area contributed by atoms with Crippen molar-refractivity contribution in [1.82, 2.24) is 0 Å². The van der Waals surface area contributed by atoms with Crippen LogP contribution in [-0.2, 0) is 19.1 Å². The molecule has 5 heteroatoms. The topological polar surface area (TPSA) is 72.8 Å². The van der Waals surface area contributed by atoms with E-state index in [1.54, 1.807) is 0 Å². The van der Waals surface area contributed by atoms with Crippen LogP contribution in [0.4, 0.5) is 0 Å². The minimum atomic E-state index is -0.778. The van der Waals surface area contributed by atoms with Gasteiger partial charge in [-0.05, 0) is 64.2 Å². The number of hydrogen-bond acceptors (Lipinski definition) is 5. The van der Waals surface area contributed by atoms with Crippen molar-refractivity contribution in [3.8, 4) is 0 Å². The van der Waals surface area contributed by atoms with Crippen molar-refractivity contribution in [1.29, 1.82) is 0 Å². The molecule has 0 aromatic rings. The molecule has 0 aliphatic heterocycles. The molecule has 0 saturated heterocycles. The van der Waals surface area contributed by atoms with E-state index in [0.717, 1.165) is 57.8 Å². The lowest BCUT2D eigenvalue weighted by atomic mass is 10.1. The maximum atomic E-state index is 12.1. The second kappa shape index (κ2) is 37.6. The minimum Gasteiger partial charge on any atom is -0.462 e. The molecule has 0 aromatic heterocycles. The molecule has 268 valence electrons. The summed E-state index contributed by atoms with van der Waals surface area (Å²) in [6.45, 7) is 4.08. The van der Waals surface area contributed by atoms with Crippen LogP contribution in [0.25, 0.3) is 0 Å². The molecule has 0 amide bonds. The molecule has 1 N–H and O–H groups in total. The number of hydrogen-bond donors (Lipinski definition) is 1. The largest absolute Gasteiger partial charge is 0.462 e. The molecule has 0 aromatic carbocycles. The van der Waals surface area contributed by atoms with Crippen LogP contribution < -0.4 is 0 Å². The predicted octanol–water partition coefficient (Wildman–Crippen LogP) is 12.1. The van der Waals surface area contributed by atoms with Crippen molar-refractivity contribution in [2.45, 2.75) is 200 Å². The number of unbranched alkanes of at least 4 members (excludes halogenated alkanes) is 21. The summed E-state index contributed by atoms with van der Waals surface area (Å²) in [5.41, 5.74) is 0. The molecule has 46 heavy (non-hydrogen) atoms. The highest BCUT2D eigenvalue weighted by molar-refractivity contribution is 5.70. The highest BCUT2D eigenvalue weighted by Gasteiger charge is 2.16. The zero-order valence-corrected chi connectivity index (χ0v) is 30.3. The third-order valence-electron chi connectivity index (χ3n) is 8.41. The summed E-state index contributed by atoms with van der Waals surface area (Å²) in [5.74, 6) is -0.611. The summed E-state index contributed by atoms with van der Waals surface area (Å²) in [4.78, 5) is 24.2. The number of aliphatic hydroxyl groups excluding tert-OH is 1. The lowest BCUT2D eigenvalue weighted by Crippen LogP contribution is -2.28. The Bertz CT molecular complexity index is 741. The van der Waals surface area contributed by atoms with Gasteiger partial charge in [0.1, 0.15) is 6.61 Å². The first-order valence-electron chi connectivity index (χ1n) is 19.5. The second-order valence-electron chi connectivity index (χ2n) is 13.0. The van der Waals surface area contributed by atoms with E-state index in [1.165, 1.54) is 109 Å². The van der Waals surface area contributed by atoms with Crippen molar-refractivity contribution in [2.24, 2.45) is 0 Å². The van der Waals surface area contributed by atoms with E-state index >= 15 is 0 Å². The zero-order valence-electron chi connectivity index (χ0n) is 30.3. The van der Waals surface area contributed by atoms with Crippen LogP contribution in [0.15, 0.2) is 36.5 Å². The van der Waals surface area contributed by atoms with E-state index in [0.29, 0.717) is 12.8 Å². The lowest BCUT2D eigenvalue weighted by molar-refractivity contribution is -0.161. The van der Waals surface area contributed by atoms with Gasteiger partial charge in [-0.25, -0.2) is 0 Å². The average molecular weight is 647 g/mol. The summed E-state index contributed by atoms with van der Waals surface area (Å²) in [5, 5.41) is 9.54. The molecule has 0 saturated carbocycles. The minimum absolute atomic E-state index is 0.0728. The first kappa shape index (κ1) is 44.1. The van der Waals surface area contributed by atoms with E-state index < -0.39 is 6.10 Å². The highest BCUT2D eigenvalue weighted by Crippen LogP contribution is 2.13. The first-order valence-corrected chi connectivity index (χ1v) is 19.5. The normalized spacial score (nSPS) is 12.5. The van der Waals surface area contributed by atoms with E-state index in [4.69, 9.17) is 9.47 Å². The average Bonchev–Trinajstić information content (AvgIpc) is 3.06. The fraction of sp³-hybridized carbons (Fsp3) is 0.805. The van der Waals surface area contributed by atoms with Crippen LogP contribution >= 0.6 is 0 Å². The van der Waals surface area contributed by atoms with Gasteiger partial charge in [-0.3, -0.25) is 9.59 Å². The van der Waals surface area contributed by atoms with Crippen LogP contribution in [0.3, 0.4) is 0 Å². The Morgan fingerprint density at radius 1 is 0.500 bits per heavy atom. The predicted molar refractivity (Wildman–Crippen MR) is 196 cm³/mol. The fourth-order valence-electron chi connectivity index (χ4n) is 5.39. The summed E-state index contributed by atoms with van der Waals surface area (Å²) in [7, 11) is 0. The Labute approximate surface area is 285 Å². The molecule has 0 aliphatic rings. The summed E-state index contributed by atoms with van der Waals surface area (Å²) in [6, 6.07) is 0. The number of esters is 2. The molecule has 0 spiro atoms. The molecule has 5 nitrogen and oxygen atoms in total. The maximum Gasteiger partial charge on any atom is 0.306 e. The van der Waals surface area contributed by atoms with Crippen molar-refractivity contribution in [3.05, 3.63) is 36.5 Å². The Morgan fingerprint density at radius 2 is 0.891 bits per heavy atom. The Morgan fingerprint density at radius 3 is 1.37 bits per heavy atom. The van der Waals surface area contributed by atoms with Crippen molar-refractivity contribution in [2.75, 3.05) is 13.2 Å². The molecule has 0 bridgehead atoms. The van der Waals surface area contributed by atoms with Crippen LogP contribution in [-0.4, -0.2) is 36.4 Å². The zero-order chi connectivity index (χ0) is 33.6. The SMILES string of the molecule is CCCC/C=C\C/C=C\CCCCCCCC(=O)OC(CO)COC(=O)CCCCCCCCC/C=C\CCCCCCCCC. The molecule has 0 heterocycles. The molecule has 0 radical (unpaired) electrons. The highest BCUT2D eigenvalue weighted by atomic mass is 16.6. The van der Waals surface area contributed by atoms with Gasteiger partial charge >= 0.3 is 11.9 Å². The number of ether oxygens (including phenoxy) is 2. The van der Waals surface area contributed by atoms with Gasteiger partial charge in [0.2, 0.25) is 0 Å². The van der Waals surface area contributed by atoms with Crippen LogP contribution in [0.1, 0.15) is 194 Å². The third kappa shape index (κ3) is 35.0. The molecule has 1 atom stereocenters. The summed E-state index contributed by atoms with van der Waals surface area (Å²) >= 11 is 0. The fourth-order valence-corrected chi connectivity index (χ4v) is 5.39. The number of allylic oxidation sites excluding steroid dienone is 6. The van der Waals surface area contributed by atoms with E-state index in [-0.39, 0.29) is 25.2 Å². The number of carbonyl (C=O) groups excluding carboxylic acids is 2. The molecule has 0 fully saturated rings. The van der Waals surface area contributed by atoms with Gasteiger partial charge in [0, 0.05) is 12.8 Å². The second-order valence-corrected chi connectivity index (χ2v) is 13.0. The van der Waals surface area contributed by atoms with Gasteiger partial charge < -0.3 is 14.6 Å². The van der Waals surface area contributed by atoms with Crippen molar-refractivity contribution in [3.63, 3.8) is 0 Å². The van der Waals surface area contributed by atoms with E-state index in [2.05, 4.69) is 50.3 Å². The van der Waals surface area contributed by atoms with Crippen molar-refractivity contribution < 1.29 is 24.2 Å². The number of carbonyl (C=O) groups is 2.